The third-order valence-electron chi connectivity index (χ3n) is 7.33. The molecule has 0 N–H and O–H groups in total. The zero-order chi connectivity index (χ0) is 20.4. The van der Waals surface area contributed by atoms with E-state index in [4.69, 9.17) is 4.74 Å². The highest BCUT2D eigenvalue weighted by molar-refractivity contribution is 5.66. The average molecular weight is 399 g/mol. The molecule has 0 heterocycles. The summed E-state index contributed by atoms with van der Waals surface area (Å²) in [5.74, 6) is 2.50. The van der Waals surface area contributed by atoms with Gasteiger partial charge in [0.1, 0.15) is 17.4 Å². The van der Waals surface area contributed by atoms with Crippen molar-refractivity contribution in [3.05, 3.63) is 53.6 Å². The van der Waals surface area contributed by atoms with Gasteiger partial charge in [0.25, 0.3) is 0 Å². The van der Waals surface area contributed by atoms with Crippen LogP contribution in [0.5, 0.6) is 5.75 Å². The zero-order valence-electron chi connectivity index (χ0n) is 17.6. The molecule has 1 unspecified atom stereocenters. The maximum Gasteiger partial charge on any atom is 0.134 e. The standard InChI is InChI=1S/C26H32F2O/c1-3-4-17-5-6-20-14-21(8-7-19(20)13-17)22-15-24(27)26(25(28)16-22)18-9-11-23(29-2)12-10-18/h9-12,15-17,19-21H,3-8,13-14H2,1-2H3/t17?,19-,20-,21-/m1/s1. The molecule has 4 rings (SSSR count). The van der Waals surface area contributed by atoms with Gasteiger partial charge in [-0.25, -0.2) is 8.78 Å². The van der Waals surface area contributed by atoms with E-state index in [1.165, 1.54) is 38.5 Å². The van der Waals surface area contributed by atoms with Crippen LogP contribution in [0.4, 0.5) is 8.78 Å². The number of hydrogen-bond acceptors (Lipinski definition) is 1. The Bertz CT molecular complexity index is 806. The summed E-state index contributed by atoms with van der Waals surface area (Å²) < 4.78 is 35.0. The summed E-state index contributed by atoms with van der Waals surface area (Å²) >= 11 is 0. The van der Waals surface area contributed by atoms with E-state index in [1.54, 1.807) is 43.5 Å². The first kappa shape index (κ1) is 20.4. The Balaban J connectivity index is 1.50. The highest BCUT2D eigenvalue weighted by atomic mass is 19.1. The van der Waals surface area contributed by atoms with Gasteiger partial charge in [0.2, 0.25) is 0 Å². The summed E-state index contributed by atoms with van der Waals surface area (Å²) in [5.41, 5.74) is 1.45. The molecule has 2 aromatic rings. The Labute approximate surface area is 173 Å². The molecule has 4 atom stereocenters. The predicted octanol–water partition coefficient (Wildman–Crippen LogP) is 7.74. The number of ether oxygens (including phenoxy) is 1. The number of halogens is 2. The number of fused-ring (bicyclic) bond motifs is 1. The molecule has 1 nitrogen and oxygen atoms in total. The summed E-state index contributed by atoms with van der Waals surface area (Å²) in [6.45, 7) is 2.28. The second kappa shape index (κ2) is 8.85. The maximum absolute atomic E-state index is 14.9. The van der Waals surface area contributed by atoms with E-state index < -0.39 is 11.6 Å². The number of benzene rings is 2. The van der Waals surface area contributed by atoms with Gasteiger partial charge < -0.3 is 4.74 Å². The van der Waals surface area contributed by atoms with Gasteiger partial charge in [-0.3, -0.25) is 0 Å². The first-order valence-corrected chi connectivity index (χ1v) is 11.2. The first-order valence-electron chi connectivity index (χ1n) is 11.2. The van der Waals surface area contributed by atoms with Gasteiger partial charge in [-0.1, -0.05) is 38.3 Å². The first-order chi connectivity index (χ1) is 14.1. The summed E-state index contributed by atoms with van der Waals surface area (Å²) in [4.78, 5) is 0. The Morgan fingerprint density at radius 2 is 1.55 bits per heavy atom. The molecular formula is C26H32F2O. The Morgan fingerprint density at radius 3 is 2.21 bits per heavy atom. The fourth-order valence-corrected chi connectivity index (χ4v) is 5.82. The lowest BCUT2D eigenvalue weighted by Gasteiger charge is -2.42. The third-order valence-corrected chi connectivity index (χ3v) is 7.33. The fourth-order valence-electron chi connectivity index (χ4n) is 5.82. The lowest BCUT2D eigenvalue weighted by Crippen LogP contribution is -2.30. The fraction of sp³-hybridized carbons (Fsp3) is 0.538. The molecule has 2 aliphatic carbocycles. The molecule has 0 radical (unpaired) electrons. The molecule has 0 bridgehead atoms. The van der Waals surface area contributed by atoms with Gasteiger partial charge in [0, 0.05) is 0 Å². The summed E-state index contributed by atoms with van der Waals surface area (Å²) in [5, 5.41) is 0. The van der Waals surface area contributed by atoms with Crippen LogP contribution >= 0.6 is 0 Å². The smallest absolute Gasteiger partial charge is 0.134 e. The monoisotopic (exact) mass is 398 g/mol. The van der Waals surface area contributed by atoms with Gasteiger partial charge in [-0.15, -0.1) is 0 Å². The van der Waals surface area contributed by atoms with Crippen LogP contribution in [0.25, 0.3) is 11.1 Å². The van der Waals surface area contributed by atoms with Crippen LogP contribution in [0.3, 0.4) is 0 Å². The Kier molecular flexibility index (Phi) is 6.22. The van der Waals surface area contributed by atoms with Crippen LogP contribution in [0.2, 0.25) is 0 Å². The van der Waals surface area contributed by atoms with Crippen LogP contribution in [0.15, 0.2) is 36.4 Å². The van der Waals surface area contributed by atoms with E-state index in [1.807, 2.05) is 0 Å². The molecule has 0 saturated heterocycles. The summed E-state index contributed by atoms with van der Waals surface area (Å²) in [6, 6.07) is 10.0. The van der Waals surface area contributed by atoms with Crippen LogP contribution in [-0.2, 0) is 0 Å². The molecule has 0 aliphatic heterocycles. The quantitative estimate of drug-likeness (QED) is 0.500. The van der Waals surface area contributed by atoms with E-state index in [0.29, 0.717) is 11.3 Å². The lowest BCUT2D eigenvalue weighted by atomic mass is 9.63. The van der Waals surface area contributed by atoms with Crippen LogP contribution in [-0.4, -0.2) is 7.11 Å². The Hall–Kier alpha value is -1.90. The molecule has 29 heavy (non-hydrogen) atoms. The lowest BCUT2D eigenvalue weighted by molar-refractivity contribution is 0.114. The van der Waals surface area contributed by atoms with Gasteiger partial charge in [0.05, 0.1) is 12.7 Å². The minimum Gasteiger partial charge on any atom is -0.497 e. The summed E-state index contributed by atoms with van der Waals surface area (Å²) in [7, 11) is 1.58. The van der Waals surface area contributed by atoms with Gasteiger partial charge in [-0.05, 0) is 91.2 Å². The normalized spacial score (nSPS) is 26.8. The average Bonchev–Trinajstić information content (AvgIpc) is 2.73. The van der Waals surface area contributed by atoms with E-state index in [2.05, 4.69) is 6.92 Å². The van der Waals surface area contributed by atoms with Crippen molar-refractivity contribution >= 4 is 0 Å². The maximum atomic E-state index is 14.9. The molecule has 0 aromatic heterocycles. The highest BCUT2D eigenvalue weighted by Gasteiger charge is 2.36. The largest absolute Gasteiger partial charge is 0.497 e. The molecule has 2 fully saturated rings. The molecule has 2 aromatic carbocycles. The minimum atomic E-state index is -0.459. The molecule has 2 aliphatic rings. The number of hydrogen-bond donors (Lipinski definition) is 0. The van der Waals surface area contributed by atoms with Crippen molar-refractivity contribution in [3.8, 4) is 16.9 Å². The van der Waals surface area contributed by atoms with E-state index in [-0.39, 0.29) is 11.5 Å². The van der Waals surface area contributed by atoms with Crippen molar-refractivity contribution < 1.29 is 13.5 Å². The SMILES string of the molecule is CCCC1CC[C@@H]2C[C@H](c3cc(F)c(-c4ccc(OC)cc4)c(F)c3)CC[C@@H]2C1. The van der Waals surface area contributed by atoms with E-state index in [0.717, 1.165) is 36.2 Å². The topological polar surface area (TPSA) is 9.23 Å². The second-order valence-corrected chi connectivity index (χ2v) is 9.09. The van der Waals surface area contributed by atoms with Crippen LogP contribution in [0.1, 0.15) is 69.8 Å². The van der Waals surface area contributed by atoms with E-state index in [9.17, 15) is 8.78 Å². The summed E-state index contributed by atoms with van der Waals surface area (Å²) in [6.07, 6.45) is 9.98. The molecule has 156 valence electrons. The van der Waals surface area contributed by atoms with Crippen molar-refractivity contribution in [3.63, 3.8) is 0 Å². The Morgan fingerprint density at radius 1 is 0.897 bits per heavy atom. The third kappa shape index (κ3) is 4.34. The van der Waals surface area contributed by atoms with Crippen molar-refractivity contribution in [2.45, 2.75) is 64.2 Å². The molecule has 3 heteroatoms. The minimum absolute atomic E-state index is 0.0603. The molecule has 0 amide bonds. The molecule has 0 spiro atoms. The number of rotatable bonds is 5. The van der Waals surface area contributed by atoms with Gasteiger partial charge >= 0.3 is 0 Å². The molecular weight excluding hydrogens is 366 g/mol. The number of methoxy groups -OCH3 is 1. The second-order valence-electron chi connectivity index (χ2n) is 9.09. The van der Waals surface area contributed by atoms with Gasteiger partial charge in [0.15, 0.2) is 0 Å². The highest BCUT2D eigenvalue weighted by Crippen LogP contribution is 2.48. The molecule has 2 saturated carbocycles. The van der Waals surface area contributed by atoms with Crippen molar-refractivity contribution in [2.75, 3.05) is 7.11 Å². The van der Waals surface area contributed by atoms with Crippen LogP contribution in [0, 0.1) is 29.4 Å². The van der Waals surface area contributed by atoms with Crippen molar-refractivity contribution in [2.24, 2.45) is 17.8 Å². The van der Waals surface area contributed by atoms with Crippen molar-refractivity contribution in [1.29, 1.82) is 0 Å². The van der Waals surface area contributed by atoms with Crippen molar-refractivity contribution in [1.82, 2.24) is 0 Å². The van der Waals surface area contributed by atoms with E-state index >= 15 is 0 Å². The van der Waals surface area contributed by atoms with Gasteiger partial charge in [-0.2, -0.15) is 0 Å². The zero-order valence-corrected chi connectivity index (χ0v) is 17.6. The van der Waals surface area contributed by atoms with Crippen LogP contribution < -0.4 is 4.74 Å². The predicted molar refractivity (Wildman–Crippen MR) is 114 cm³/mol.